The van der Waals surface area contributed by atoms with Crippen LogP contribution in [0.3, 0.4) is 0 Å². The van der Waals surface area contributed by atoms with Crippen molar-refractivity contribution in [2.75, 3.05) is 25.5 Å². The molecule has 3 aromatic heterocycles. The normalized spacial score (nSPS) is 11.3. The number of benzene rings is 2. The Hall–Kier alpha value is -3.66. The Morgan fingerprint density at radius 2 is 1.89 bits per heavy atom. The number of hydrogen-bond donors (Lipinski definition) is 3. The van der Waals surface area contributed by atoms with Gasteiger partial charge in [0.15, 0.2) is 5.82 Å². The Bertz CT molecular complexity index is 1490. The van der Waals surface area contributed by atoms with Gasteiger partial charge in [0.2, 0.25) is 0 Å². The Balaban J connectivity index is 1.57. The van der Waals surface area contributed by atoms with Gasteiger partial charge in [0, 0.05) is 36.4 Å². The molecule has 0 bridgehead atoms. The number of rotatable bonds is 9. The predicted molar refractivity (Wildman–Crippen MR) is 146 cm³/mol. The first-order valence-electron chi connectivity index (χ1n) is 11.9. The van der Waals surface area contributed by atoms with Crippen molar-refractivity contribution in [2.24, 2.45) is 0 Å². The molecule has 8 nitrogen and oxygen atoms in total. The van der Waals surface area contributed by atoms with Gasteiger partial charge in [0.1, 0.15) is 11.6 Å². The number of anilines is 2. The lowest BCUT2D eigenvalue weighted by atomic mass is 10.0. The zero-order valence-electron chi connectivity index (χ0n) is 20.8. The number of hydrogen-bond acceptors (Lipinski definition) is 9. The molecule has 5 aromatic rings. The molecule has 0 saturated heterocycles. The van der Waals surface area contributed by atoms with E-state index in [-0.39, 0.29) is 0 Å². The maximum Gasteiger partial charge on any atom is 0.162 e. The number of aryl methyl sites for hydroxylation is 2. The third-order valence-electron chi connectivity index (χ3n) is 6.08. The molecule has 0 unspecified atom stereocenters. The van der Waals surface area contributed by atoms with Gasteiger partial charge in [-0.05, 0) is 57.6 Å². The summed E-state index contributed by atoms with van der Waals surface area (Å²) in [7, 11) is 1.95. The summed E-state index contributed by atoms with van der Waals surface area (Å²) in [6.45, 7) is 8.48. The number of thiazole rings is 1. The molecule has 2 aromatic carbocycles. The van der Waals surface area contributed by atoms with E-state index in [0.29, 0.717) is 5.82 Å². The predicted octanol–water partition coefficient (Wildman–Crippen LogP) is 5.39. The van der Waals surface area contributed by atoms with E-state index in [1.165, 1.54) is 5.56 Å². The van der Waals surface area contributed by atoms with Gasteiger partial charge in [-0.3, -0.25) is 0 Å². The molecule has 0 spiro atoms. The SMILES string of the molecule is CNCCNCc1cccc(-c2nc(Nc3ccc4ncsc4c3)c(C)c(-c3c(C)noc3C)n2)c1. The highest BCUT2D eigenvalue weighted by molar-refractivity contribution is 7.16. The summed E-state index contributed by atoms with van der Waals surface area (Å²) >= 11 is 1.62. The zero-order valence-corrected chi connectivity index (χ0v) is 21.7. The van der Waals surface area contributed by atoms with Crippen LogP contribution >= 0.6 is 11.3 Å². The molecule has 0 atom stereocenters. The van der Waals surface area contributed by atoms with Gasteiger partial charge in [0.05, 0.1) is 32.7 Å². The molecule has 5 rings (SSSR count). The fourth-order valence-electron chi connectivity index (χ4n) is 4.17. The van der Waals surface area contributed by atoms with E-state index < -0.39 is 0 Å². The number of fused-ring (bicyclic) bond motifs is 1. The van der Waals surface area contributed by atoms with Crippen LogP contribution in [0.15, 0.2) is 52.5 Å². The molecule has 0 radical (unpaired) electrons. The second-order valence-electron chi connectivity index (χ2n) is 8.71. The molecule has 0 aliphatic heterocycles. The van der Waals surface area contributed by atoms with Crippen molar-refractivity contribution in [3.63, 3.8) is 0 Å². The van der Waals surface area contributed by atoms with Crippen LogP contribution in [0.4, 0.5) is 11.5 Å². The molecule has 36 heavy (non-hydrogen) atoms. The van der Waals surface area contributed by atoms with Crippen molar-refractivity contribution >= 4 is 33.1 Å². The molecule has 0 saturated carbocycles. The van der Waals surface area contributed by atoms with Gasteiger partial charge >= 0.3 is 0 Å². The minimum Gasteiger partial charge on any atom is -0.361 e. The van der Waals surface area contributed by atoms with Crippen LogP contribution in [0.1, 0.15) is 22.6 Å². The molecule has 0 fully saturated rings. The van der Waals surface area contributed by atoms with Crippen molar-refractivity contribution in [3.05, 3.63) is 70.6 Å². The van der Waals surface area contributed by atoms with E-state index in [1.807, 2.05) is 57.6 Å². The van der Waals surface area contributed by atoms with Crippen LogP contribution in [0, 0.1) is 20.8 Å². The first kappa shape index (κ1) is 24.1. The smallest absolute Gasteiger partial charge is 0.162 e. The molecule has 0 aliphatic carbocycles. The highest BCUT2D eigenvalue weighted by atomic mass is 32.1. The molecule has 3 N–H and O–H groups in total. The second-order valence-corrected chi connectivity index (χ2v) is 9.60. The number of aromatic nitrogens is 4. The van der Waals surface area contributed by atoms with Crippen LogP contribution in [0.2, 0.25) is 0 Å². The molecule has 184 valence electrons. The average molecular weight is 500 g/mol. The van der Waals surface area contributed by atoms with Crippen molar-refractivity contribution < 1.29 is 4.52 Å². The molecule has 3 heterocycles. The standard InChI is InChI=1S/C27H29N7OS/c1-16-25(24-17(2)34-35-18(24)3)32-27(20-7-5-6-19(12-20)14-29-11-10-28-4)33-26(16)31-21-8-9-22-23(13-21)36-15-30-22/h5-9,12-13,15,28-29H,10-11,14H2,1-4H3,(H,31,32,33). The van der Waals surface area contributed by atoms with E-state index in [9.17, 15) is 0 Å². The number of nitrogens with one attached hydrogen (secondary N) is 3. The van der Waals surface area contributed by atoms with E-state index in [0.717, 1.165) is 75.2 Å². The summed E-state index contributed by atoms with van der Waals surface area (Å²) in [4.78, 5) is 14.4. The maximum atomic E-state index is 5.48. The Morgan fingerprint density at radius 3 is 2.69 bits per heavy atom. The van der Waals surface area contributed by atoms with Crippen LogP contribution in [-0.4, -0.2) is 40.2 Å². The quantitative estimate of drug-likeness (QED) is 0.232. The minimum absolute atomic E-state index is 0.647. The van der Waals surface area contributed by atoms with Gasteiger partial charge in [0.25, 0.3) is 0 Å². The Morgan fingerprint density at radius 1 is 1.00 bits per heavy atom. The second kappa shape index (κ2) is 10.5. The largest absolute Gasteiger partial charge is 0.361 e. The third kappa shape index (κ3) is 4.99. The Kier molecular flexibility index (Phi) is 7.04. The van der Waals surface area contributed by atoms with Crippen molar-refractivity contribution in [2.45, 2.75) is 27.3 Å². The lowest BCUT2D eigenvalue weighted by Crippen LogP contribution is -2.24. The lowest BCUT2D eigenvalue weighted by molar-refractivity contribution is 0.393. The number of nitrogens with zero attached hydrogens (tertiary/aromatic N) is 4. The van der Waals surface area contributed by atoms with Crippen molar-refractivity contribution in [3.8, 4) is 22.6 Å². The highest BCUT2D eigenvalue weighted by Crippen LogP contribution is 2.34. The van der Waals surface area contributed by atoms with E-state index in [2.05, 4.69) is 44.3 Å². The molecule has 0 aliphatic rings. The lowest BCUT2D eigenvalue weighted by Gasteiger charge is -2.15. The fourth-order valence-corrected chi connectivity index (χ4v) is 4.88. The summed E-state index contributed by atoms with van der Waals surface area (Å²) in [5.41, 5.74) is 9.39. The maximum absolute atomic E-state index is 5.48. The zero-order chi connectivity index (χ0) is 25.1. The van der Waals surface area contributed by atoms with Gasteiger partial charge in [-0.15, -0.1) is 11.3 Å². The summed E-state index contributed by atoms with van der Waals surface area (Å²) in [5.74, 6) is 2.13. The molecule has 0 amide bonds. The highest BCUT2D eigenvalue weighted by Gasteiger charge is 2.20. The van der Waals surface area contributed by atoms with Gasteiger partial charge in [-0.25, -0.2) is 15.0 Å². The van der Waals surface area contributed by atoms with Crippen LogP contribution in [0.25, 0.3) is 32.9 Å². The minimum atomic E-state index is 0.647. The fraction of sp³-hybridized carbons (Fsp3) is 0.259. The molecule has 9 heteroatoms. The van der Waals surface area contributed by atoms with Gasteiger partial charge in [-0.1, -0.05) is 23.4 Å². The molecular formula is C27H29N7OS. The van der Waals surface area contributed by atoms with Crippen molar-refractivity contribution in [1.29, 1.82) is 0 Å². The third-order valence-corrected chi connectivity index (χ3v) is 6.87. The Labute approximate surface area is 214 Å². The van der Waals surface area contributed by atoms with E-state index in [4.69, 9.17) is 14.5 Å². The van der Waals surface area contributed by atoms with Crippen LogP contribution < -0.4 is 16.0 Å². The van der Waals surface area contributed by atoms with Crippen LogP contribution in [-0.2, 0) is 6.54 Å². The monoisotopic (exact) mass is 499 g/mol. The molecular weight excluding hydrogens is 470 g/mol. The van der Waals surface area contributed by atoms with Crippen molar-refractivity contribution in [1.82, 2.24) is 30.7 Å². The summed E-state index contributed by atoms with van der Waals surface area (Å²) < 4.78 is 6.60. The average Bonchev–Trinajstić information content (AvgIpc) is 3.49. The van der Waals surface area contributed by atoms with E-state index >= 15 is 0 Å². The summed E-state index contributed by atoms with van der Waals surface area (Å²) in [5, 5.41) is 14.3. The van der Waals surface area contributed by atoms with Gasteiger partial charge in [-0.2, -0.15) is 0 Å². The first-order valence-corrected chi connectivity index (χ1v) is 12.8. The first-order chi connectivity index (χ1) is 17.5. The van der Waals surface area contributed by atoms with Gasteiger partial charge < -0.3 is 20.5 Å². The van der Waals surface area contributed by atoms with Crippen LogP contribution in [0.5, 0.6) is 0 Å². The number of likely N-dealkylation sites (N-methyl/N-ethyl adjacent to an activating group) is 1. The van der Waals surface area contributed by atoms with E-state index in [1.54, 1.807) is 11.3 Å². The summed E-state index contributed by atoms with van der Waals surface area (Å²) in [6.07, 6.45) is 0. The topological polar surface area (TPSA) is 101 Å². The summed E-state index contributed by atoms with van der Waals surface area (Å²) in [6, 6.07) is 14.5.